The lowest BCUT2D eigenvalue weighted by Gasteiger charge is -2.38. The van der Waals surface area contributed by atoms with Gasteiger partial charge < -0.3 is 96.7 Å². The fourth-order valence-corrected chi connectivity index (χ4v) is 22.1. The smallest absolute Gasteiger partial charge is 0.368 e. The number of unbranched alkanes of at least 4 members (excludes halogenated alkanes) is 9. The first-order chi connectivity index (χ1) is 67.3. The molecule has 0 aliphatic carbocycles. The van der Waals surface area contributed by atoms with Crippen LogP contribution in [0.2, 0.25) is 0 Å². The number of ether oxygens (including phenoxy) is 6. The number of nitrogens with zero attached hydrogens (tertiary/aromatic N) is 9. The zero-order valence-electron chi connectivity index (χ0n) is 83.5. The number of carbonyl (C=O) groups is 5. The Morgan fingerprint density at radius 2 is 0.796 bits per heavy atom. The van der Waals surface area contributed by atoms with Gasteiger partial charge in [-0.15, -0.1) is 0 Å². The van der Waals surface area contributed by atoms with Gasteiger partial charge in [0.15, 0.2) is 18.7 Å². The first-order valence-corrected chi connectivity index (χ1v) is 51.2. The van der Waals surface area contributed by atoms with Crippen LogP contribution in [-0.2, 0) is 79.5 Å². The zero-order valence-corrected chi connectivity index (χ0v) is 86.2. The van der Waals surface area contributed by atoms with Crippen molar-refractivity contribution in [2.45, 2.75) is 347 Å². The Labute approximate surface area is 826 Å². The van der Waals surface area contributed by atoms with Crippen LogP contribution in [-0.4, -0.2) is 266 Å². The third-order valence-corrected chi connectivity index (χ3v) is 30.0. The van der Waals surface area contributed by atoms with Crippen molar-refractivity contribution in [1.82, 2.24) is 69.2 Å². The van der Waals surface area contributed by atoms with Gasteiger partial charge in [0.05, 0.1) is 39.5 Å². The van der Waals surface area contributed by atoms with E-state index in [0.717, 1.165) is 30.0 Å². The molecule has 6 bridgehead atoms. The average Bonchev–Trinajstić information content (AvgIpc) is 1.58. The molecule has 0 saturated carbocycles. The van der Waals surface area contributed by atoms with E-state index >= 15 is 0 Å². The number of hydrogen-bond acceptors (Lipinski definition) is 26. The topological polar surface area (TPSA) is 444 Å². The Morgan fingerprint density at radius 3 is 1.11 bits per heavy atom. The van der Waals surface area contributed by atoms with Crippen LogP contribution in [0.1, 0.15) is 256 Å². The maximum absolute atomic E-state index is 13.1. The molecule has 0 aromatic carbocycles. The molecule has 16 atom stereocenters. The summed E-state index contributed by atoms with van der Waals surface area (Å²) in [6.07, 6.45) is -1.56. The molecule has 49 heteroatoms. The van der Waals surface area contributed by atoms with Gasteiger partial charge in [-0.3, -0.25) is 67.0 Å². The number of rotatable bonds is 50. The summed E-state index contributed by atoms with van der Waals surface area (Å²) in [5, 5.41) is 10.6. The summed E-state index contributed by atoms with van der Waals surface area (Å²) < 4.78 is 162. The quantitative estimate of drug-likeness (QED) is 0.00856. The van der Waals surface area contributed by atoms with Crippen molar-refractivity contribution in [1.29, 1.82) is 0 Å². The van der Waals surface area contributed by atoms with Crippen LogP contribution in [0.5, 0.6) is 0 Å². The number of H-pyrrole nitrogens is 3. The molecule has 40 nitrogen and oxygen atoms in total. The molecule has 3 aromatic heterocycles. The van der Waals surface area contributed by atoms with Crippen LogP contribution >= 0.6 is 25.6 Å². The predicted molar refractivity (Wildman–Crippen MR) is 515 cm³/mol. The van der Waals surface area contributed by atoms with Gasteiger partial charge in [0.2, 0.25) is 37.4 Å². The average molecular weight is 2070 g/mol. The number of hydrogen-bond donors (Lipinski definition) is 8. The first-order valence-electron chi connectivity index (χ1n) is 47.9. The summed E-state index contributed by atoms with van der Waals surface area (Å²) in [6, 6.07) is -1.33. The van der Waals surface area contributed by atoms with Gasteiger partial charge in [-0.05, 0) is 128 Å². The van der Waals surface area contributed by atoms with Crippen LogP contribution < -0.4 is 60.3 Å². The van der Waals surface area contributed by atoms with Crippen LogP contribution in [0.4, 0.5) is 26.3 Å². The maximum Gasteiger partial charge on any atom is 0.471 e. The molecule has 6 aliphatic rings. The molecular weight excluding hydrogens is 1930 g/mol. The minimum atomic E-state index is -5.35. The highest BCUT2D eigenvalue weighted by Crippen LogP contribution is 2.59. The van der Waals surface area contributed by atoms with Crippen molar-refractivity contribution in [3.8, 4) is 35.5 Å². The minimum absolute atomic E-state index is 0.00392. The third kappa shape index (κ3) is 33.2. The second kappa shape index (κ2) is 57.1. The molecule has 9 heterocycles. The molecule has 3 aromatic rings. The highest BCUT2D eigenvalue weighted by Gasteiger charge is 2.67. The normalized spacial score (nSPS) is 22.7. The maximum atomic E-state index is 13.1. The van der Waals surface area contributed by atoms with Crippen molar-refractivity contribution in [3.05, 3.63) is 132 Å². The molecule has 6 saturated heterocycles. The van der Waals surface area contributed by atoms with E-state index in [1.807, 2.05) is 53.1 Å². The van der Waals surface area contributed by atoms with E-state index in [1.165, 1.54) is 72.3 Å². The molecule has 6 aliphatic heterocycles. The number of amides is 5. The molecule has 5 amide bonds. The largest absolute Gasteiger partial charge is 0.471 e. The number of carbonyl (C=O) groups excluding carboxylic acids is 5. The molecule has 0 radical (unpaired) electrons. The zero-order chi connectivity index (χ0) is 105. The van der Waals surface area contributed by atoms with E-state index in [9.17, 15) is 79.1 Å². The second-order valence-corrected chi connectivity index (χ2v) is 40.3. The van der Waals surface area contributed by atoms with E-state index in [1.54, 1.807) is 5.32 Å². The van der Waals surface area contributed by atoms with E-state index in [4.69, 9.17) is 75.3 Å². The molecule has 142 heavy (non-hydrogen) atoms. The fourth-order valence-electron chi connectivity index (χ4n) is 16.7. The van der Waals surface area contributed by atoms with Crippen molar-refractivity contribution >= 4 is 55.1 Å². The number of nitrogens with one attached hydrogen (secondary N) is 8. The lowest BCUT2D eigenvalue weighted by Crippen LogP contribution is -2.50. The fraction of sp³-hybridized carbons (Fsp3) is 0.720. The number of aromatic nitrogens is 6. The van der Waals surface area contributed by atoms with Gasteiger partial charge in [-0.1, -0.05) is 115 Å². The minimum Gasteiger partial charge on any atom is -0.368 e. The Bertz CT molecular complexity index is 5370. The SMILES string of the molecule is [C-]#[N+]CCOP(O[C@@H]1C2OC[C@]1(CC)O[C@H]2n1cc(C#CCNC(=O)CCCCCCCCCCC)c(=O)[nH]c1=O)N(C(C)C)C(C)C.[C-]#[N+]CCOP(O[C@@H]1C2OC[C@]1(CC)O[C@H]2n1cc(C#CCNC(=O)[C@H](CCCCNC(=O)C(F)(F)F)NC(=O)C(F)(F)F)c(=O)[nH]c1=O)N(C(C)C)C(C)C.[C-]#[N+]CCOP(O[C@@H]1C2OC[C@]1(CC)O[C@H]2n1cc(C#CCNC(C)=O)c(=O)[nH]c1=O)N(C(C)C)C(C)C. The summed E-state index contributed by atoms with van der Waals surface area (Å²) in [7, 11) is -4.88. The number of alkyl halides is 6. The van der Waals surface area contributed by atoms with Gasteiger partial charge >= 0.3 is 41.2 Å². The molecule has 788 valence electrons. The van der Waals surface area contributed by atoms with Crippen LogP contribution in [0.15, 0.2) is 47.4 Å². The van der Waals surface area contributed by atoms with E-state index in [0.29, 0.717) is 25.7 Å². The van der Waals surface area contributed by atoms with Crippen LogP contribution in [0, 0.1) is 55.2 Å². The molecular formula is C93H136F6N17O23P3. The van der Waals surface area contributed by atoms with Crippen molar-refractivity contribution in [2.75, 3.05) is 85.5 Å². The number of aromatic amines is 3. The van der Waals surface area contributed by atoms with Crippen molar-refractivity contribution in [2.24, 2.45) is 0 Å². The molecule has 9 rings (SSSR count). The molecule has 6 fully saturated rings. The van der Waals surface area contributed by atoms with Crippen LogP contribution in [0.3, 0.4) is 0 Å². The van der Waals surface area contributed by atoms with Gasteiger partial charge in [0.1, 0.15) is 96.0 Å². The molecule has 6 unspecified atom stereocenters. The summed E-state index contributed by atoms with van der Waals surface area (Å²) in [5.41, 5.74) is -7.12. The van der Waals surface area contributed by atoms with Gasteiger partial charge in [-0.25, -0.2) is 48.1 Å². The lowest BCUT2D eigenvalue weighted by atomic mass is 9.96. The van der Waals surface area contributed by atoms with Crippen molar-refractivity contribution in [3.63, 3.8) is 0 Å². The Hall–Kier alpha value is -9.19. The van der Waals surface area contributed by atoms with Gasteiger partial charge in [-0.2, -0.15) is 26.3 Å². The highest BCUT2D eigenvalue weighted by atomic mass is 31.2. The monoisotopic (exact) mass is 2070 g/mol. The Kier molecular flexibility index (Phi) is 48.1. The first kappa shape index (κ1) is 120. The third-order valence-electron chi connectivity index (χ3n) is 23.7. The molecule has 8 N–H and O–H groups in total. The predicted octanol–water partition coefficient (Wildman–Crippen LogP) is 10.1. The summed E-state index contributed by atoms with van der Waals surface area (Å²) in [6.45, 7) is 56.1. The van der Waals surface area contributed by atoms with E-state index < -0.39 is 187 Å². The molecule has 0 spiro atoms. The standard InChI is InChI=1S/C35H56N5O7P.C33H44F6N7O9P.C25H36N5O7P/c1-8-10-11-12-13-14-15-16-17-20-29(41)37-21-18-19-28-24-39(34(43)38-32(28)42)33-30-31(35(9-2,46-33)25-44-30)47-48(45-23-22-36-7)40(26(3)4)27(5)6;1-7-31-18-52-23(24(31)55-56(53-16-15-40-6)46(19(2)3)20(4)5)27(54-31)45-17-21(25(47)44-30(45)51)11-10-14-41-26(48)22(43-29(50)33(37,38)39)12-8-9-13-42-28(49)32(34,35)36;1-8-25-15-34-20(21(25)37-38(35-13-12-26-7)30(16(2)3)17(4)5)23(36-25)29-14-19(22(32)28-24(29)33)10-9-11-27-18(6)31/h24,26-27,30-31,33H,8-17,20-23,25H2,1-6H3,(H,37,41)(H,38,42,43);17,19-20,22-24,27H,7-9,12-16,18H2,1-5H3,(H,41,48)(H,42,49)(H,43,50)(H,44,47,51);14,16-17,20-21,23H,8,11-13,15H2,1-6H3,(H,27,31)(H,28,32,33)/t30?,31-,33-,35+,48?;22-,23?,24+,27+,31-,56?;20?,21-,23-,25+,38?/m101/s1. The number of halogens is 6. The summed E-state index contributed by atoms with van der Waals surface area (Å²) in [4.78, 5) is 152. The van der Waals surface area contributed by atoms with Crippen molar-refractivity contribution < 1.29 is 106 Å². The summed E-state index contributed by atoms with van der Waals surface area (Å²) in [5.74, 6) is 9.89. The number of fused-ring (bicyclic) bond motifs is 6. The van der Waals surface area contributed by atoms with E-state index in [-0.39, 0.29) is 150 Å². The Morgan fingerprint density at radius 1 is 0.472 bits per heavy atom. The van der Waals surface area contributed by atoms with E-state index in [2.05, 4.69) is 153 Å². The highest BCUT2D eigenvalue weighted by molar-refractivity contribution is 7.45. The van der Waals surface area contributed by atoms with Gasteiger partial charge in [0.25, 0.3) is 42.3 Å². The van der Waals surface area contributed by atoms with Crippen LogP contribution in [0.25, 0.3) is 14.5 Å². The lowest BCUT2D eigenvalue weighted by molar-refractivity contribution is -0.175. The second-order valence-electron chi connectivity index (χ2n) is 36.0. The summed E-state index contributed by atoms with van der Waals surface area (Å²) >= 11 is 0. The Balaban J connectivity index is 0.000000294. The van der Waals surface area contributed by atoms with Gasteiger partial charge in [0, 0.05) is 74.7 Å².